The Hall–Kier alpha value is -2.51. The van der Waals surface area contributed by atoms with Crippen molar-refractivity contribution >= 4 is 39.8 Å². The third-order valence-corrected chi connectivity index (χ3v) is 6.42. The number of aromatic nitrogens is 3. The third-order valence-electron chi connectivity index (χ3n) is 5.21. The van der Waals surface area contributed by atoms with E-state index in [4.69, 9.17) is 16.6 Å². The predicted molar refractivity (Wildman–Crippen MR) is 120 cm³/mol. The molecule has 1 aliphatic heterocycles. The molecule has 8 heteroatoms. The van der Waals surface area contributed by atoms with E-state index in [9.17, 15) is 4.79 Å². The Morgan fingerprint density at radius 3 is 2.93 bits per heavy atom. The summed E-state index contributed by atoms with van der Waals surface area (Å²) < 4.78 is 0. The summed E-state index contributed by atoms with van der Waals surface area (Å²) in [6, 6.07) is 13.6. The van der Waals surface area contributed by atoms with Gasteiger partial charge in [0.15, 0.2) is 0 Å². The highest BCUT2D eigenvalue weighted by molar-refractivity contribution is 7.15. The van der Waals surface area contributed by atoms with Crippen LogP contribution in [0.4, 0.5) is 10.9 Å². The van der Waals surface area contributed by atoms with Crippen LogP contribution in [-0.4, -0.2) is 32.5 Å². The summed E-state index contributed by atoms with van der Waals surface area (Å²) in [5, 5.41) is 13.9. The zero-order valence-corrected chi connectivity index (χ0v) is 18.4. The first-order valence-electron chi connectivity index (χ1n) is 10.2. The normalized spacial score (nSPS) is 16.1. The number of nitrogens with one attached hydrogen (secondary N) is 1. The Labute approximate surface area is 185 Å². The molecule has 1 N–H and O–H groups in total. The number of halogens is 1. The molecule has 1 fully saturated rings. The fourth-order valence-corrected chi connectivity index (χ4v) is 4.62. The van der Waals surface area contributed by atoms with Crippen molar-refractivity contribution in [3.63, 3.8) is 0 Å². The number of aryl methyl sites for hydroxylation is 2. The second-order valence-corrected chi connectivity index (χ2v) is 8.80. The van der Waals surface area contributed by atoms with Gasteiger partial charge in [-0.15, -0.1) is 10.2 Å². The molecule has 3 heterocycles. The number of amides is 1. The lowest BCUT2D eigenvalue weighted by Gasteiger charge is -2.25. The lowest BCUT2D eigenvalue weighted by Crippen LogP contribution is -2.31. The van der Waals surface area contributed by atoms with Crippen LogP contribution in [0.2, 0.25) is 5.02 Å². The highest BCUT2D eigenvalue weighted by Crippen LogP contribution is 2.32. The second kappa shape index (κ2) is 9.53. The van der Waals surface area contributed by atoms with Crippen molar-refractivity contribution in [1.82, 2.24) is 20.1 Å². The molecule has 0 spiro atoms. The average Bonchev–Trinajstić information content (AvgIpc) is 3.42. The van der Waals surface area contributed by atoms with E-state index in [1.807, 2.05) is 47.4 Å². The van der Waals surface area contributed by atoms with Crippen molar-refractivity contribution in [3.8, 4) is 0 Å². The van der Waals surface area contributed by atoms with Gasteiger partial charge >= 0.3 is 0 Å². The van der Waals surface area contributed by atoms with E-state index in [1.165, 1.54) is 11.3 Å². The fraction of sp³-hybridized carbons (Fsp3) is 0.364. The summed E-state index contributed by atoms with van der Waals surface area (Å²) >= 11 is 7.59. The fourth-order valence-electron chi connectivity index (χ4n) is 3.72. The molecule has 156 valence electrons. The van der Waals surface area contributed by atoms with Crippen LogP contribution in [0.3, 0.4) is 0 Å². The summed E-state index contributed by atoms with van der Waals surface area (Å²) in [5.41, 5.74) is 1.99. The van der Waals surface area contributed by atoms with Gasteiger partial charge in [0.25, 0.3) is 0 Å². The molecule has 0 unspecified atom stereocenters. The molecule has 4 rings (SSSR count). The molecule has 2 aromatic heterocycles. The van der Waals surface area contributed by atoms with Gasteiger partial charge in [-0.3, -0.25) is 4.79 Å². The Morgan fingerprint density at radius 1 is 1.27 bits per heavy atom. The van der Waals surface area contributed by atoms with Gasteiger partial charge in [0.05, 0.1) is 11.7 Å². The highest BCUT2D eigenvalue weighted by Gasteiger charge is 2.30. The first-order chi connectivity index (χ1) is 14.6. The number of carbonyl (C=O) groups is 1. The average molecular weight is 442 g/mol. The van der Waals surface area contributed by atoms with E-state index in [1.54, 1.807) is 0 Å². The molecule has 0 bridgehead atoms. The van der Waals surface area contributed by atoms with Crippen molar-refractivity contribution in [2.45, 2.75) is 45.1 Å². The van der Waals surface area contributed by atoms with E-state index in [-0.39, 0.29) is 11.9 Å². The molecule has 1 saturated heterocycles. The van der Waals surface area contributed by atoms with E-state index >= 15 is 0 Å². The Kier molecular flexibility index (Phi) is 6.59. The number of nitrogens with zero attached hydrogens (tertiary/aromatic N) is 4. The molecule has 0 aliphatic carbocycles. The minimum absolute atomic E-state index is 0.0132. The molecule has 30 heavy (non-hydrogen) atoms. The second-order valence-electron chi connectivity index (χ2n) is 7.30. The van der Waals surface area contributed by atoms with Crippen LogP contribution in [-0.2, 0) is 17.6 Å². The van der Waals surface area contributed by atoms with Crippen LogP contribution in [0.25, 0.3) is 0 Å². The molecule has 0 radical (unpaired) electrons. The molecule has 1 aromatic carbocycles. The van der Waals surface area contributed by atoms with Gasteiger partial charge in [-0.25, -0.2) is 4.98 Å². The van der Waals surface area contributed by atoms with Gasteiger partial charge in [-0.1, -0.05) is 48.1 Å². The summed E-state index contributed by atoms with van der Waals surface area (Å²) in [6.07, 6.45) is 3.94. The number of rotatable bonds is 7. The van der Waals surface area contributed by atoms with E-state index in [2.05, 4.69) is 22.4 Å². The first kappa shape index (κ1) is 20.8. The third kappa shape index (κ3) is 4.96. The van der Waals surface area contributed by atoms with E-state index < -0.39 is 0 Å². The summed E-state index contributed by atoms with van der Waals surface area (Å²) in [5.74, 6) is 0.888. The first-order valence-corrected chi connectivity index (χ1v) is 11.4. The van der Waals surface area contributed by atoms with Crippen molar-refractivity contribution < 1.29 is 4.79 Å². The topological polar surface area (TPSA) is 71.0 Å². The number of hydrogen-bond acceptors (Lipinski definition) is 6. The minimum atomic E-state index is 0.0132. The lowest BCUT2D eigenvalue weighted by molar-refractivity contribution is -0.132. The molecule has 1 atom stereocenters. The SMILES string of the molecule is CCc1nnc(Nc2cccc([C@H]3CCCN3C(=O)CCc3cccc(Cl)c3)n2)s1. The lowest BCUT2D eigenvalue weighted by atomic mass is 10.1. The van der Waals surface area contributed by atoms with Crippen LogP contribution in [0.5, 0.6) is 0 Å². The van der Waals surface area contributed by atoms with Crippen molar-refractivity contribution in [3.05, 3.63) is 63.8 Å². The van der Waals surface area contributed by atoms with Crippen LogP contribution in [0.15, 0.2) is 42.5 Å². The van der Waals surface area contributed by atoms with Gasteiger partial charge in [0.1, 0.15) is 10.8 Å². The monoisotopic (exact) mass is 441 g/mol. The summed E-state index contributed by atoms with van der Waals surface area (Å²) in [6.45, 7) is 2.83. The molecule has 6 nitrogen and oxygen atoms in total. The van der Waals surface area contributed by atoms with E-state index in [0.29, 0.717) is 17.9 Å². The van der Waals surface area contributed by atoms with Crippen LogP contribution in [0.1, 0.15) is 48.5 Å². The van der Waals surface area contributed by atoms with Gasteiger partial charge in [0.2, 0.25) is 11.0 Å². The van der Waals surface area contributed by atoms with Crippen LogP contribution < -0.4 is 5.32 Å². The molecule has 1 amide bonds. The maximum Gasteiger partial charge on any atom is 0.223 e. The summed E-state index contributed by atoms with van der Waals surface area (Å²) in [4.78, 5) is 19.7. The number of benzene rings is 1. The largest absolute Gasteiger partial charge is 0.334 e. The Balaban J connectivity index is 1.43. The predicted octanol–water partition coefficient (Wildman–Crippen LogP) is 5.19. The van der Waals surface area contributed by atoms with Crippen molar-refractivity contribution in [2.75, 3.05) is 11.9 Å². The standard InChI is InChI=1S/C22H24ClN5OS/c1-2-20-26-27-22(30-20)25-19-10-4-8-17(24-19)18-9-5-13-28(18)21(29)12-11-15-6-3-7-16(23)14-15/h3-4,6-8,10,14,18H,2,5,9,11-13H2,1H3,(H,24,25,27)/t18-/m1/s1. The molecule has 3 aromatic rings. The van der Waals surface area contributed by atoms with E-state index in [0.717, 1.165) is 53.0 Å². The molecule has 1 aliphatic rings. The van der Waals surface area contributed by atoms with Crippen molar-refractivity contribution in [2.24, 2.45) is 0 Å². The van der Waals surface area contributed by atoms with Crippen molar-refractivity contribution in [1.29, 1.82) is 0 Å². The van der Waals surface area contributed by atoms with Crippen LogP contribution >= 0.6 is 22.9 Å². The maximum atomic E-state index is 12.9. The molecular weight excluding hydrogens is 418 g/mol. The minimum Gasteiger partial charge on any atom is -0.334 e. The van der Waals surface area contributed by atoms with Crippen LogP contribution in [0, 0.1) is 0 Å². The van der Waals surface area contributed by atoms with Gasteiger partial charge in [0, 0.05) is 18.0 Å². The highest BCUT2D eigenvalue weighted by atomic mass is 35.5. The summed E-state index contributed by atoms with van der Waals surface area (Å²) in [7, 11) is 0. The number of pyridine rings is 1. The quantitative estimate of drug-likeness (QED) is 0.546. The van der Waals surface area contributed by atoms with Gasteiger partial charge in [-0.05, 0) is 55.5 Å². The Morgan fingerprint density at radius 2 is 2.13 bits per heavy atom. The zero-order chi connectivity index (χ0) is 20.9. The Bertz CT molecular complexity index is 1020. The molecule has 0 saturated carbocycles. The zero-order valence-electron chi connectivity index (χ0n) is 16.8. The number of carbonyl (C=O) groups excluding carboxylic acids is 1. The van der Waals surface area contributed by atoms with Gasteiger partial charge < -0.3 is 10.2 Å². The number of hydrogen-bond donors (Lipinski definition) is 1. The van der Waals surface area contributed by atoms with Gasteiger partial charge in [-0.2, -0.15) is 0 Å². The number of likely N-dealkylation sites (tertiary alicyclic amines) is 1. The number of anilines is 2. The smallest absolute Gasteiger partial charge is 0.223 e. The molecular formula is C22H24ClN5OS. The maximum absolute atomic E-state index is 12.9.